The van der Waals surface area contributed by atoms with E-state index in [1.165, 1.54) is 6.20 Å². The first kappa shape index (κ1) is 8.68. The van der Waals surface area contributed by atoms with Gasteiger partial charge in [-0.2, -0.15) is 0 Å². The molecule has 2 N–H and O–H groups in total. The average Bonchev–Trinajstić information content (AvgIpc) is 2.01. The Morgan fingerprint density at radius 1 is 1.38 bits per heavy atom. The Labute approximate surface area is 76.3 Å². The standard InChI is InChI=1S/C8H10BNO3/c11-9(12)8-1-6(2-10-3-8)7-4-13-5-7/h1-3,7,11-12H,4-5H2. The number of aromatic nitrogens is 1. The molecule has 1 aromatic heterocycles. The zero-order chi connectivity index (χ0) is 9.26. The Kier molecular flexibility index (Phi) is 2.31. The van der Waals surface area contributed by atoms with Crippen LogP contribution in [-0.4, -0.2) is 35.4 Å². The number of pyridine rings is 1. The van der Waals surface area contributed by atoms with Crippen molar-refractivity contribution >= 4 is 12.6 Å². The average molecular weight is 179 g/mol. The van der Waals surface area contributed by atoms with E-state index < -0.39 is 7.12 Å². The maximum absolute atomic E-state index is 8.90. The highest BCUT2D eigenvalue weighted by molar-refractivity contribution is 6.58. The molecule has 13 heavy (non-hydrogen) atoms. The summed E-state index contributed by atoms with van der Waals surface area (Å²) in [6.45, 7) is 1.40. The maximum atomic E-state index is 8.90. The van der Waals surface area contributed by atoms with E-state index in [-0.39, 0.29) is 0 Å². The predicted octanol–water partition coefficient (Wildman–Crippen LogP) is -1.12. The van der Waals surface area contributed by atoms with Crippen molar-refractivity contribution in [3.05, 3.63) is 24.0 Å². The zero-order valence-electron chi connectivity index (χ0n) is 7.05. The first-order valence-electron chi connectivity index (χ1n) is 4.16. The number of hydrogen-bond donors (Lipinski definition) is 2. The highest BCUT2D eigenvalue weighted by Gasteiger charge is 2.22. The van der Waals surface area contributed by atoms with Gasteiger partial charge in [-0.1, -0.05) is 6.07 Å². The van der Waals surface area contributed by atoms with Crippen LogP contribution in [0.4, 0.5) is 0 Å². The van der Waals surface area contributed by atoms with Crippen LogP contribution in [0.1, 0.15) is 11.5 Å². The minimum absolute atomic E-state index is 0.367. The summed E-state index contributed by atoms with van der Waals surface area (Å²) >= 11 is 0. The lowest BCUT2D eigenvalue weighted by Crippen LogP contribution is -2.32. The molecule has 0 amide bonds. The quantitative estimate of drug-likeness (QED) is 0.564. The lowest BCUT2D eigenvalue weighted by atomic mass is 9.80. The molecule has 0 spiro atoms. The van der Waals surface area contributed by atoms with Crippen molar-refractivity contribution in [3.8, 4) is 0 Å². The SMILES string of the molecule is OB(O)c1cncc(C2COC2)c1. The fraction of sp³-hybridized carbons (Fsp3) is 0.375. The predicted molar refractivity (Wildman–Crippen MR) is 47.6 cm³/mol. The van der Waals surface area contributed by atoms with E-state index in [0.717, 1.165) is 5.56 Å². The van der Waals surface area contributed by atoms with Crippen LogP contribution in [0.25, 0.3) is 0 Å². The molecule has 0 saturated carbocycles. The van der Waals surface area contributed by atoms with Crippen LogP contribution in [0.5, 0.6) is 0 Å². The second-order valence-corrected chi connectivity index (χ2v) is 3.16. The summed E-state index contributed by atoms with van der Waals surface area (Å²) in [4.78, 5) is 3.93. The van der Waals surface area contributed by atoms with Crippen molar-refractivity contribution in [2.24, 2.45) is 0 Å². The molecule has 0 bridgehead atoms. The van der Waals surface area contributed by atoms with Gasteiger partial charge in [0.15, 0.2) is 0 Å². The van der Waals surface area contributed by atoms with Crippen molar-refractivity contribution in [3.63, 3.8) is 0 Å². The molecule has 0 radical (unpaired) electrons. The first-order valence-corrected chi connectivity index (χ1v) is 4.16. The van der Waals surface area contributed by atoms with Gasteiger partial charge in [-0.3, -0.25) is 4.98 Å². The highest BCUT2D eigenvalue weighted by Crippen LogP contribution is 2.21. The van der Waals surface area contributed by atoms with Gasteiger partial charge in [-0.25, -0.2) is 0 Å². The smallest absolute Gasteiger partial charge is 0.423 e. The number of hydrogen-bond acceptors (Lipinski definition) is 4. The minimum atomic E-state index is -1.44. The number of rotatable bonds is 2. The Bertz CT molecular complexity index is 301. The summed E-state index contributed by atoms with van der Waals surface area (Å²) in [5, 5.41) is 17.8. The molecular formula is C8H10BNO3. The molecule has 0 atom stereocenters. The van der Waals surface area contributed by atoms with E-state index >= 15 is 0 Å². The van der Waals surface area contributed by atoms with E-state index in [4.69, 9.17) is 14.8 Å². The van der Waals surface area contributed by atoms with Gasteiger partial charge in [0, 0.05) is 23.8 Å². The van der Waals surface area contributed by atoms with Crippen molar-refractivity contribution in [1.82, 2.24) is 4.98 Å². The Hall–Kier alpha value is -0.905. The van der Waals surface area contributed by atoms with Crippen LogP contribution < -0.4 is 5.46 Å². The molecule has 0 unspecified atom stereocenters. The fourth-order valence-corrected chi connectivity index (χ4v) is 1.27. The van der Waals surface area contributed by atoms with Crippen molar-refractivity contribution < 1.29 is 14.8 Å². The molecule has 1 aliphatic heterocycles. The second-order valence-electron chi connectivity index (χ2n) is 3.16. The van der Waals surface area contributed by atoms with Gasteiger partial charge >= 0.3 is 7.12 Å². The molecule has 5 heteroatoms. The van der Waals surface area contributed by atoms with E-state index in [1.807, 2.05) is 0 Å². The fourth-order valence-electron chi connectivity index (χ4n) is 1.27. The summed E-state index contributed by atoms with van der Waals surface area (Å²) in [6.07, 6.45) is 3.19. The van der Waals surface area contributed by atoms with Crippen LogP contribution in [0.3, 0.4) is 0 Å². The third kappa shape index (κ3) is 1.72. The molecule has 68 valence electrons. The van der Waals surface area contributed by atoms with Crippen LogP contribution in [0, 0.1) is 0 Å². The summed E-state index contributed by atoms with van der Waals surface area (Å²) in [5.74, 6) is 0.367. The molecular weight excluding hydrogens is 169 g/mol. The van der Waals surface area contributed by atoms with Gasteiger partial charge in [0.1, 0.15) is 0 Å². The highest BCUT2D eigenvalue weighted by atomic mass is 16.5. The lowest BCUT2D eigenvalue weighted by molar-refractivity contribution is 0.00831. The van der Waals surface area contributed by atoms with Crippen molar-refractivity contribution in [2.45, 2.75) is 5.92 Å². The molecule has 2 heterocycles. The van der Waals surface area contributed by atoms with Crippen molar-refractivity contribution in [1.29, 1.82) is 0 Å². The van der Waals surface area contributed by atoms with Gasteiger partial charge < -0.3 is 14.8 Å². The molecule has 1 aliphatic rings. The number of ether oxygens (including phenoxy) is 1. The molecule has 1 saturated heterocycles. The van der Waals surface area contributed by atoms with Crippen LogP contribution >= 0.6 is 0 Å². The van der Waals surface area contributed by atoms with Gasteiger partial charge in [-0.15, -0.1) is 0 Å². The molecule has 0 aliphatic carbocycles. The zero-order valence-corrected chi connectivity index (χ0v) is 7.05. The van der Waals surface area contributed by atoms with Crippen molar-refractivity contribution in [2.75, 3.05) is 13.2 Å². The Balaban J connectivity index is 2.21. The third-order valence-electron chi connectivity index (χ3n) is 2.19. The monoisotopic (exact) mass is 179 g/mol. The normalized spacial score (nSPS) is 16.8. The van der Waals surface area contributed by atoms with E-state index in [0.29, 0.717) is 24.6 Å². The largest absolute Gasteiger partial charge is 0.490 e. The van der Waals surface area contributed by atoms with Crippen LogP contribution in [-0.2, 0) is 4.74 Å². The van der Waals surface area contributed by atoms with Gasteiger partial charge in [0.05, 0.1) is 13.2 Å². The first-order chi connectivity index (χ1) is 6.27. The van der Waals surface area contributed by atoms with Gasteiger partial charge in [-0.05, 0) is 5.56 Å². The third-order valence-corrected chi connectivity index (χ3v) is 2.19. The lowest BCUT2D eigenvalue weighted by Gasteiger charge is -2.26. The second kappa shape index (κ2) is 3.45. The van der Waals surface area contributed by atoms with E-state index in [2.05, 4.69) is 4.98 Å². The molecule has 0 aromatic carbocycles. The van der Waals surface area contributed by atoms with E-state index in [9.17, 15) is 0 Å². The summed E-state index contributed by atoms with van der Waals surface area (Å²) in [7, 11) is -1.44. The summed E-state index contributed by atoms with van der Waals surface area (Å²) < 4.78 is 5.04. The van der Waals surface area contributed by atoms with Crippen LogP contribution in [0.15, 0.2) is 18.5 Å². The van der Waals surface area contributed by atoms with E-state index in [1.54, 1.807) is 12.3 Å². The Morgan fingerprint density at radius 3 is 2.69 bits per heavy atom. The summed E-state index contributed by atoms with van der Waals surface area (Å²) in [5.41, 5.74) is 1.45. The van der Waals surface area contributed by atoms with Gasteiger partial charge in [0.25, 0.3) is 0 Å². The Morgan fingerprint density at radius 2 is 2.15 bits per heavy atom. The molecule has 1 aromatic rings. The topological polar surface area (TPSA) is 62.6 Å². The molecule has 2 rings (SSSR count). The minimum Gasteiger partial charge on any atom is -0.423 e. The molecule has 1 fully saturated rings. The number of nitrogens with zero attached hydrogens (tertiary/aromatic N) is 1. The van der Waals surface area contributed by atoms with Gasteiger partial charge in [0.2, 0.25) is 0 Å². The summed E-state index contributed by atoms with van der Waals surface area (Å²) in [6, 6.07) is 1.75. The molecule has 4 nitrogen and oxygen atoms in total. The maximum Gasteiger partial charge on any atom is 0.490 e. The van der Waals surface area contributed by atoms with Crippen LogP contribution in [0.2, 0.25) is 0 Å².